The average molecular weight is 290 g/mol. The Bertz CT molecular complexity index is 792. The van der Waals surface area contributed by atoms with E-state index in [0.29, 0.717) is 0 Å². The molecule has 0 aliphatic heterocycles. The van der Waals surface area contributed by atoms with Gasteiger partial charge in [-0.05, 0) is 47.4 Å². The van der Waals surface area contributed by atoms with Crippen molar-refractivity contribution in [2.75, 3.05) is 7.11 Å². The molecule has 0 heterocycles. The van der Waals surface area contributed by atoms with E-state index in [4.69, 9.17) is 4.74 Å². The van der Waals surface area contributed by atoms with Crippen LogP contribution in [0, 0.1) is 6.92 Å². The minimum Gasteiger partial charge on any atom is -0.508 e. The normalized spacial score (nSPS) is 10.5. The molecule has 0 aromatic heterocycles. The predicted molar refractivity (Wildman–Crippen MR) is 90.3 cm³/mol. The van der Waals surface area contributed by atoms with Crippen molar-refractivity contribution in [3.63, 3.8) is 0 Å². The van der Waals surface area contributed by atoms with Gasteiger partial charge in [0.05, 0.1) is 7.11 Å². The van der Waals surface area contributed by atoms with Gasteiger partial charge in [-0.1, -0.05) is 48.5 Å². The molecular formula is C20H18O2. The third kappa shape index (κ3) is 2.68. The highest BCUT2D eigenvalue weighted by Crippen LogP contribution is 2.36. The monoisotopic (exact) mass is 290 g/mol. The SMILES string of the molecule is COc1ccc(O)cc1-c1ccc(-c2ccccc2)cc1C. The van der Waals surface area contributed by atoms with Crippen molar-refractivity contribution in [1.29, 1.82) is 0 Å². The lowest BCUT2D eigenvalue weighted by atomic mass is 9.95. The van der Waals surface area contributed by atoms with Gasteiger partial charge in [0.25, 0.3) is 0 Å². The van der Waals surface area contributed by atoms with Gasteiger partial charge in [0.15, 0.2) is 0 Å². The fourth-order valence-corrected chi connectivity index (χ4v) is 2.68. The number of aromatic hydroxyl groups is 1. The summed E-state index contributed by atoms with van der Waals surface area (Å²) in [5.41, 5.74) is 5.48. The molecule has 3 rings (SSSR count). The minimum absolute atomic E-state index is 0.238. The highest BCUT2D eigenvalue weighted by atomic mass is 16.5. The van der Waals surface area contributed by atoms with E-state index in [1.54, 1.807) is 25.3 Å². The smallest absolute Gasteiger partial charge is 0.126 e. The largest absolute Gasteiger partial charge is 0.508 e. The van der Waals surface area contributed by atoms with Crippen LogP contribution >= 0.6 is 0 Å². The lowest BCUT2D eigenvalue weighted by Crippen LogP contribution is -1.90. The highest BCUT2D eigenvalue weighted by Gasteiger charge is 2.10. The topological polar surface area (TPSA) is 29.5 Å². The van der Waals surface area contributed by atoms with Gasteiger partial charge in [0.2, 0.25) is 0 Å². The standard InChI is InChI=1S/C20H18O2/c1-14-12-16(15-6-4-3-5-7-15)8-10-18(14)19-13-17(21)9-11-20(19)22-2/h3-13,21H,1-2H3. The van der Waals surface area contributed by atoms with Gasteiger partial charge in [-0.15, -0.1) is 0 Å². The number of hydrogen-bond acceptors (Lipinski definition) is 2. The van der Waals surface area contributed by atoms with Crippen LogP contribution in [0.15, 0.2) is 66.7 Å². The van der Waals surface area contributed by atoms with E-state index in [9.17, 15) is 5.11 Å². The van der Waals surface area contributed by atoms with Crippen molar-refractivity contribution in [2.24, 2.45) is 0 Å². The van der Waals surface area contributed by atoms with E-state index in [1.165, 1.54) is 11.1 Å². The third-order valence-electron chi connectivity index (χ3n) is 3.81. The number of phenols is 1. The van der Waals surface area contributed by atoms with E-state index in [1.807, 2.05) is 18.2 Å². The lowest BCUT2D eigenvalue weighted by Gasteiger charge is -2.13. The second-order valence-corrected chi connectivity index (χ2v) is 5.28. The Morgan fingerprint density at radius 1 is 0.773 bits per heavy atom. The first-order chi connectivity index (χ1) is 10.7. The van der Waals surface area contributed by atoms with Crippen LogP contribution in [0.4, 0.5) is 0 Å². The van der Waals surface area contributed by atoms with Gasteiger partial charge in [0.1, 0.15) is 11.5 Å². The molecule has 0 saturated heterocycles. The summed E-state index contributed by atoms with van der Waals surface area (Å²) in [6, 6.07) is 21.8. The fourth-order valence-electron chi connectivity index (χ4n) is 2.68. The van der Waals surface area contributed by atoms with Crippen LogP contribution in [0.3, 0.4) is 0 Å². The molecule has 110 valence electrons. The minimum atomic E-state index is 0.238. The first-order valence-electron chi connectivity index (χ1n) is 7.22. The molecule has 0 amide bonds. The van der Waals surface area contributed by atoms with Crippen molar-refractivity contribution < 1.29 is 9.84 Å². The van der Waals surface area contributed by atoms with Gasteiger partial charge in [-0.3, -0.25) is 0 Å². The molecule has 1 N–H and O–H groups in total. The molecule has 3 aromatic rings. The molecule has 2 heteroatoms. The summed E-state index contributed by atoms with van der Waals surface area (Å²) in [7, 11) is 1.64. The molecule has 0 saturated carbocycles. The van der Waals surface area contributed by atoms with Crippen LogP contribution in [-0.2, 0) is 0 Å². The van der Waals surface area contributed by atoms with Gasteiger partial charge in [-0.2, -0.15) is 0 Å². The number of rotatable bonds is 3. The summed E-state index contributed by atoms with van der Waals surface area (Å²) in [4.78, 5) is 0. The number of benzene rings is 3. The van der Waals surface area contributed by atoms with Gasteiger partial charge < -0.3 is 9.84 Å². The average Bonchev–Trinajstić information content (AvgIpc) is 2.55. The van der Waals surface area contributed by atoms with E-state index in [2.05, 4.69) is 37.3 Å². The molecular weight excluding hydrogens is 272 g/mol. The first-order valence-corrected chi connectivity index (χ1v) is 7.22. The molecule has 22 heavy (non-hydrogen) atoms. The third-order valence-corrected chi connectivity index (χ3v) is 3.81. The zero-order valence-corrected chi connectivity index (χ0v) is 12.7. The molecule has 0 aliphatic rings. The Hall–Kier alpha value is -2.74. The Kier molecular flexibility index (Phi) is 3.84. The molecule has 0 fully saturated rings. The van der Waals surface area contributed by atoms with Crippen molar-refractivity contribution in [2.45, 2.75) is 6.92 Å². The lowest BCUT2D eigenvalue weighted by molar-refractivity contribution is 0.414. The van der Waals surface area contributed by atoms with E-state index in [0.717, 1.165) is 22.4 Å². The van der Waals surface area contributed by atoms with Crippen LogP contribution in [0.1, 0.15) is 5.56 Å². The maximum absolute atomic E-state index is 9.76. The Morgan fingerprint density at radius 2 is 1.55 bits per heavy atom. The predicted octanol–water partition coefficient (Wildman–Crippen LogP) is 5.04. The van der Waals surface area contributed by atoms with Crippen LogP contribution in [0.2, 0.25) is 0 Å². The maximum atomic E-state index is 9.76. The molecule has 0 spiro atoms. The molecule has 0 atom stereocenters. The number of methoxy groups -OCH3 is 1. The summed E-state index contributed by atoms with van der Waals surface area (Å²) in [5, 5.41) is 9.76. The quantitative estimate of drug-likeness (QED) is 0.732. The van der Waals surface area contributed by atoms with Crippen LogP contribution in [-0.4, -0.2) is 12.2 Å². The fraction of sp³-hybridized carbons (Fsp3) is 0.100. The molecule has 0 unspecified atom stereocenters. The zero-order valence-electron chi connectivity index (χ0n) is 12.7. The maximum Gasteiger partial charge on any atom is 0.126 e. The van der Waals surface area contributed by atoms with Crippen molar-refractivity contribution in [3.05, 3.63) is 72.3 Å². The van der Waals surface area contributed by atoms with Crippen LogP contribution in [0.5, 0.6) is 11.5 Å². The summed E-state index contributed by atoms with van der Waals surface area (Å²) < 4.78 is 5.41. The molecule has 3 aromatic carbocycles. The summed E-state index contributed by atoms with van der Waals surface area (Å²) in [6.45, 7) is 2.07. The summed E-state index contributed by atoms with van der Waals surface area (Å²) >= 11 is 0. The second-order valence-electron chi connectivity index (χ2n) is 5.28. The van der Waals surface area contributed by atoms with Crippen molar-refractivity contribution in [3.8, 4) is 33.8 Å². The van der Waals surface area contributed by atoms with Gasteiger partial charge in [-0.25, -0.2) is 0 Å². The Labute approximate surface area is 130 Å². The molecule has 0 aliphatic carbocycles. The second kappa shape index (κ2) is 5.94. The van der Waals surface area contributed by atoms with Crippen LogP contribution in [0.25, 0.3) is 22.3 Å². The number of phenolic OH excluding ortho intramolecular Hbond substituents is 1. The molecule has 2 nitrogen and oxygen atoms in total. The summed E-state index contributed by atoms with van der Waals surface area (Å²) in [6.07, 6.45) is 0. The molecule has 0 radical (unpaired) electrons. The Balaban J connectivity index is 2.09. The first kappa shape index (κ1) is 14.2. The van der Waals surface area contributed by atoms with E-state index < -0.39 is 0 Å². The van der Waals surface area contributed by atoms with E-state index >= 15 is 0 Å². The van der Waals surface area contributed by atoms with Crippen molar-refractivity contribution in [1.82, 2.24) is 0 Å². The molecule has 0 bridgehead atoms. The number of hydrogen-bond donors (Lipinski definition) is 1. The number of aryl methyl sites for hydroxylation is 1. The highest BCUT2D eigenvalue weighted by molar-refractivity contribution is 5.78. The Morgan fingerprint density at radius 3 is 2.23 bits per heavy atom. The summed E-state index contributed by atoms with van der Waals surface area (Å²) in [5.74, 6) is 0.996. The van der Waals surface area contributed by atoms with Gasteiger partial charge in [0, 0.05) is 5.56 Å². The van der Waals surface area contributed by atoms with Gasteiger partial charge >= 0.3 is 0 Å². The van der Waals surface area contributed by atoms with Crippen molar-refractivity contribution >= 4 is 0 Å². The number of ether oxygens (including phenoxy) is 1. The van der Waals surface area contributed by atoms with Crippen LogP contribution < -0.4 is 4.74 Å². The van der Waals surface area contributed by atoms with E-state index in [-0.39, 0.29) is 5.75 Å². The zero-order chi connectivity index (χ0) is 15.5.